The number of nitrogens with zero attached hydrogens (tertiary/aromatic N) is 2. The summed E-state index contributed by atoms with van der Waals surface area (Å²) in [6.07, 6.45) is 0. The predicted octanol–water partition coefficient (Wildman–Crippen LogP) is 4.04. The zero-order valence-corrected chi connectivity index (χ0v) is 10.2. The van der Waals surface area contributed by atoms with E-state index in [1.54, 1.807) is 0 Å². The second kappa shape index (κ2) is 4.55. The van der Waals surface area contributed by atoms with Crippen molar-refractivity contribution in [2.45, 2.75) is 6.92 Å². The lowest BCUT2D eigenvalue weighted by atomic mass is 10.2. The zero-order valence-electron chi connectivity index (χ0n) is 8.64. The zero-order chi connectivity index (χ0) is 12.6. The second-order valence-electron chi connectivity index (χ2n) is 3.36. The highest BCUT2D eigenvalue weighted by molar-refractivity contribution is 6.33. The van der Waals surface area contributed by atoms with Gasteiger partial charge in [0, 0.05) is 5.56 Å². The average molecular weight is 275 g/mol. The number of halogens is 4. The highest BCUT2D eigenvalue weighted by Gasteiger charge is 2.13. The van der Waals surface area contributed by atoms with Gasteiger partial charge >= 0.3 is 0 Å². The summed E-state index contributed by atoms with van der Waals surface area (Å²) in [5.74, 6) is -0.976. The molecule has 0 aliphatic carbocycles. The molecule has 0 saturated heterocycles. The molecule has 0 N–H and O–H groups in total. The van der Waals surface area contributed by atoms with Gasteiger partial charge in [-0.05, 0) is 25.1 Å². The summed E-state index contributed by atoms with van der Waals surface area (Å²) in [4.78, 5) is 7.68. The Hall–Kier alpha value is -1.26. The number of hydrogen-bond acceptors (Lipinski definition) is 2. The minimum Gasteiger partial charge on any atom is -0.230 e. The second-order valence-corrected chi connectivity index (χ2v) is 4.13. The van der Waals surface area contributed by atoms with Crippen LogP contribution in [-0.2, 0) is 0 Å². The van der Waals surface area contributed by atoms with Crippen molar-refractivity contribution in [3.8, 4) is 11.4 Å². The highest BCUT2D eigenvalue weighted by Crippen LogP contribution is 2.27. The number of rotatable bonds is 1. The van der Waals surface area contributed by atoms with E-state index in [-0.39, 0.29) is 21.7 Å². The average Bonchev–Trinajstić information content (AvgIpc) is 2.25. The predicted molar refractivity (Wildman–Crippen MR) is 62.1 cm³/mol. The quantitative estimate of drug-likeness (QED) is 0.734. The van der Waals surface area contributed by atoms with Crippen LogP contribution in [-0.4, -0.2) is 9.97 Å². The van der Waals surface area contributed by atoms with Crippen molar-refractivity contribution in [1.29, 1.82) is 0 Å². The minimum atomic E-state index is -0.673. The molecular formula is C11H6Cl2F2N2. The van der Waals surface area contributed by atoms with Crippen LogP contribution >= 0.6 is 23.2 Å². The van der Waals surface area contributed by atoms with Crippen LogP contribution in [0.1, 0.15) is 5.69 Å². The lowest BCUT2D eigenvalue weighted by Gasteiger charge is -2.05. The third kappa shape index (κ3) is 2.37. The number of benzene rings is 1. The summed E-state index contributed by atoms with van der Waals surface area (Å²) in [5, 5.41) is -0.139. The standard InChI is InChI=1S/C11H6Cl2F2N2/c1-5-9(15)10(13)17-11(16-5)7-3-2-6(14)4-8(7)12/h2-4H,1H3. The topological polar surface area (TPSA) is 25.8 Å². The van der Waals surface area contributed by atoms with E-state index < -0.39 is 11.6 Å². The molecule has 0 aliphatic rings. The maximum atomic E-state index is 13.2. The molecule has 0 radical (unpaired) electrons. The van der Waals surface area contributed by atoms with Gasteiger partial charge in [-0.1, -0.05) is 23.2 Å². The molecule has 0 saturated carbocycles. The van der Waals surface area contributed by atoms with Gasteiger partial charge in [0.2, 0.25) is 0 Å². The normalized spacial score (nSPS) is 10.6. The minimum absolute atomic E-state index is 0.111. The van der Waals surface area contributed by atoms with E-state index >= 15 is 0 Å². The first kappa shape index (κ1) is 12.2. The Bertz CT molecular complexity index is 565. The Morgan fingerprint density at radius 2 is 1.82 bits per heavy atom. The fourth-order valence-electron chi connectivity index (χ4n) is 1.32. The molecule has 17 heavy (non-hydrogen) atoms. The van der Waals surface area contributed by atoms with E-state index in [2.05, 4.69) is 9.97 Å². The van der Waals surface area contributed by atoms with Crippen LogP contribution in [0.4, 0.5) is 8.78 Å². The molecule has 0 aliphatic heterocycles. The molecule has 0 spiro atoms. The SMILES string of the molecule is Cc1nc(-c2ccc(F)cc2Cl)nc(Cl)c1F. The van der Waals surface area contributed by atoms with E-state index in [1.165, 1.54) is 19.1 Å². The van der Waals surface area contributed by atoms with Crippen molar-refractivity contribution in [3.63, 3.8) is 0 Å². The van der Waals surface area contributed by atoms with Gasteiger partial charge in [-0.15, -0.1) is 0 Å². The van der Waals surface area contributed by atoms with E-state index in [1.807, 2.05) is 0 Å². The van der Waals surface area contributed by atoms with Crippen LogP contribution in [0.3, 0.4) is 0 Å². The Labute approximate surface area is 106 Å². The first-order valence-electron chi connectivity index (χ1n) is 4.64. The maximum Gasteiger partial charge on any atom is 0.181 e. The van der Waals surface area contributed by atoms with Gasteiger partial charge in [-0.3, -0.25) is 0 Å². The maximum absolute atomic E-state index is 13.2. The molecule has 2 aromatic rings. The van der Waals surface area contributed by atoms with Gasteiger partial charge in [0.25, 0.3) is 0 Å². The molecule has 0 unspecified atom stereocenters. The van der Waals surface area contributed by atoms with Crippen LogP contribution in [0.15, 0.2) is 18.2 Å². The molecule has 0 atom stereocenters. The molecule has 88 valence electrons. The van der Waals surface area contributed by atoms with Gasteiger partial charge in [0.05, 0.1) is 10.7 Å². The molecule has 1 aromatic heterocycles. The van der Waals surface area contributed by atoms with Crippen LogP contribution < -0.4 is 0 Å². The van der Waals surface area contributed by atoms with Crippen molar-refractivity contribution in [2.24, 2.45) is 0 Å². The number of aryl methyl sites for hydroxylation is 1. The first-order valence-corrected chi connectivity index (χ1v) is 5.39. The monoisotopic (exact) mass is 274 g/mol. The van der Waals surface area contributed by atoms with Gasteiger partial charge in [-0.25, -0.2) is 18.7 Å². The highest BCUT2D eigenvalue weighted by atomic mass is 35.5. The third-order valence-corrected chi connectivity index (χ3v) is 2.71. The number of aromatic nitrogens is 2. The summed E-state index contributed by atoms with van der Waals surface area (Å²) >= 11 is 11.5. The van der Waals surface area contributed by atoms with E-state index in [0.29, 0.717) is 5.56 Å². The van der Waals surface area contributed by atoms with Crippen LogP contribution in [0.5, 0.6) is 0 Å². The van der Waals surface area contributed by atoms with E-state index in [9.17, 15) is 8.78 Å². The van der Waals surface area contributed by atoms with Crippen molar-refractivity contribution in [3.05, 3.63) is 45.7 Å². The lowest BCUT2D eigenvalue weighted by molar-refractivity contribution is 0.603. The third-order valence-electron chi connectivity index (χ3n) is 2.15. The van der Waals surface area contributed by atoms with E-state index in [4.69, 9.17) is 23.2 Å². The fraction of sp³-hybridized carbons (Fsp3) is 0.0909. The van der Waals surface area contributed by atoms with E-state index in [0.717, 1.165) is 6.07 Å². The van der Waals surface area contributed by atoms with Crippen molar-refractivity contribution < 1.29 is 8.78 Å². The molecule has 0 amide bonds. The molecule has 0 fully saturated rings. The van der Waals surface area contributed by atoms with Crippen LogP contribution in [0.25, 0.3) is 11.4 Å². The Morgan fingerprint density at radius 1 is 1.12 bits per heavy atom. The Morgan fingerprint density at radius 3 is 2.41 bits per heavy atom. The molecule has 2 rings (SSSR count). The first-order chi connectivity index (χ1) is 7.99. The summed E-state index contributed by atoms with van der Waals surface area (Å²) in [6.45, 7) is 1.46. The summed E-state index contributed by atoms with van der Waals surface area (Å²) in [6, 6.07) is 3.77. The van der Waals surface area contributed by atoms with Crippen molar-refractivity contribution in [1.82, 2.24) is 9.97 Å². The molecule has 6 heteroatoms. The molecule has 1 aromatic carbocycles. The van der Waals surface area contributed by atoms with Crippen molar-refractivity contribution >= 4 is 23.2 Å². The molecular weight excluding hydrogens is 269 g/mol. The van der Waals surface area contributed by atoms with Gasteiger partial charge in [-0.2, -0.15) is 0 Å². The van der Waals surface area contributed by atoms with Gasteiger partial charge < -0.3 is 0 Å². The Balaban J connectivity index is 2.61. The summed E-state index contributed by atoms with van der Waals surface area (Å²) < 4.78 is 26.1. The van der Waals surface area contributed by atoms with Crippen LogP contribution in [0.2, 0.25) is 10.2 Å². The van der Waals surface area contributed by atoms with Gasteiger partial charge in [0.1, 0.15) is 5.82 Å². The summed E-state index contributed by atoms with van der Waals surface area (Å²) in [5.41, 5.74) is 0.512. The lowest BCUT2D eigenvalue weighted by Crippen LogP contribution is -1.98. The summed E-state index contributed by atoms with van der Waals surface area (Å²) in [7, 11) is 0. The van der Waals surface area contributed by atoms with Gasteiger partial charge in [0.15, 0.2) is 16.8 Å². The fourth-order valence-corrected chi connectivity index (χ4v) is 1.78. The van der Waals surface area contributed by atoms with Crippen molar-refractivity contribution in [2.75, 3.05) is 0 Å². The molecule has 2 nitrogen and oxygen atoms in total. The largest absolute Gasteiger partial charge is 0.230 e. The number of hydrogen-bond donors (Lipinski definition) is 0. The molecule has 1 heterocycles. The molecule has 0 bridgehead atoms. The smallest absolute Gasteiger partial charge is 0.181 e. The Kier molecular flexibility index (Phi) is 3.26. The van der Waals surface area contributed by atoms with Crippen LogP contribution in [0, 0.1) is 18.6 Å².